The normalized spacial score (nSPS) is 11.1. The molecule has 4 heteroatoms. The van der Waals surface area contributed by atoms with Gasteiger partial charge < -0.3 is 19.7 Å². The summed E-state index contributed by atoms with van der Waals surface area (Å²) < 4.78 is 10.9. The number of aryl methyl sites for hydroxylation is 1. The lowest BCUT2D eigenvalue weighted by Gasteiger charge is -2.14. The van der Waals surface area contributed by atoms with Gasteiger partial charge in [-0.1, -0.05) is 17.7 Å². The second kappa shape index (κ2) is 9.75. The lowest BCUT2D eigenvalue weighted by atomic mass is 10.1. The van der Waals surface area contributed by atoms with E-state index < -0.39 is 0 Å². The van der Waals surface area contributed by atoms with Gasteiger partial charge in [0.15, 0.2) is 0 Å². The van der Waals surface area contributed by atoms with Crippen LogP contribution >= 0.6 is 0 Å². The van der Waals surface area contributed by atoms with Crippen LogP contribution < -0.4 is 10.1 Å². The Morgan fingerprint density at radius 1 is 1.20 bits per heavy atom. The van der Waals surface area contributed by atoms with Crippen LogP contribution in [0, 0.1) is 6.92 Å². The molecule has 20 heavy (non-hydrogen) atoms. The van der Waals surface area contributed by atoms with E-state index in [1.807, 2.05) is 0 Å². The molecular weight excluding hydrogens is 252 g/mol. The molecule has 1 aromatic rings. The Hall–Kier alpha value is -1.10. The Morgan fingerprint density at radius 3 is 2.70 bits per heavy atom. The van der Waals surface area contributed by atoms with Crippen LogP contribution in [0.25, 0.3) is 0 Å². The lowest BCUT2D eigenvalue weighted by Crippen LogP contribution is -2.19. The van der Waals surface area contributed by atoms with Gasteiger partial charge in [-0.3, -0.25) is 0 Å². The maximum absolute atomic E-state index is 5.90. The average Bonchev–Trinajstić information content (AvgIpc) is 2.41. The smallest absolute Gasteiger partial charge is 0.123 e. The minimum Gasteiger partial charge on any atom is -0.493 e. The van der Waals surface area contributed by atoms with E-state index in [9.17, 15) is 0 Å². The van der Waals surface area contributed by atoms with Gasteiger partial charge in [-0.05, 0) is 33.5 Å². The van der Waals surface area contributed by atoms with Crippen molar-refractivity contribution in [1.29, 1.82) is 0 Å². The van der Waals surface area contributed by atoms with E-state index in [1.165, 1.54) is 11.1 Å². The number of ether oxygens (including phenoxy) is 2. The second-order valence-corrected chi connectivity index (χ2v) is 5.29. The third-order valence-corrected chi connectivity index (χ3v) is 3.02. The van der Waals surface area contributed by atoms with Gasteiger partial charge in [0.1, 0.15) is 5.75 Å². The van der Waals surface area contributed by atoms with Crippen molar-refractivity contribution in [1.82, 2.24) is 10.2 Å². The first-order chi connectivity index (χ1) is 9.63. The van der Waals surface area contributed by atoms with Crippen molar-refractivity contribution < 1.29 is 9.47 Å². The largest absolute Gasteiger partial charge is 0.493 e. The Labute approximate surface area is 123 Å². The highest BCUT2D eigenvalue weighted by molar-refractivity contribution is 5.36. The fourth-order valence-corrected chi connectivity index (χ4v) is 1.95. The zero-order chi connectivity index (χ0) is 14.8. The molecule has 0 fully saturated rings. The summed E-state index contributed by atoms with van der Waals surface area (Å²) in [5, 5.41) is 3.37. The molecule has 0 bridgehead atoms. The topological polar surface area (TPSA) is 33.7 Å². The number of benzene rings is 1. The summed E-state index contributed by atoms with van der Waals surface area (Å²) in [5.41, 5.74) is 2.47. The third-order valence-electron chi connectivity index (χ3n) is 3.02. The second-order valence-electron chi connectivity index (χ2n) is 5.29. The first-order valence-corrected chi connectivity index (χ1v) is 7.20. The van der Waals surface area contributed by atoms with Crippen molar-refractivity contribution >= 4 is 0 Å². The maximum atomic E-state index is 5.90. The van der Waals surface area contributed by atoms with Crippen LogP contribution in [0.5, 0.6) is 5.75 Å². The summed E-state index contributed by atoms with van der Waals surface area (Å²) >= 11 is 0. The van der Waals surface area contributed by atoms with E-state index in [0.717, 1.165) is 45.0 Å². The van der Waals surface area contributed by atoms with Gasteiger partial charge in [-0.15, -0.1) is 0 Å². The number of nitrogens with one attached hydrogen (secondary N) is 1. The third kappa shape index (κ3) is 6.89. The van der Waals surface area contributed by atoms with Crippen LogP contribution in [0.3, 0.4) is 0 Å². The molecule has 0 saturated heterocycles. The van der Waals surface area contributed by atoms with Crippen LogP contribution in [0.4, 0.5) is 0 Å². The molecule has 114 valence electrons. The minimum atomic E-state index is 0.727. The molecule has 0 heterocycles. The zero-order valence-corrected chi connectivity index (χ0v) is 13.2. The van der Waals surface area contributed by atoms with Gasteiger partial charge in [-0.2, -0.15) is 0 Å². The summed E-state index contributed by atoms with van der Waals surface area (Å²) in [7, 11) is 5.88. The zero-order valence-electron chi connectivity index (χ0n) is 13.2. The van der Waals surface area contributed by atoms with Gasteiger partial charge in [0.2, 0.25) is 0 Å². The fourth-order valence-electron chi connectivity index (χ4n) is 1.95. The van der Waals surface area contributed by atoms with Crippen molar-refractivity contribution in [2.75, 3.05) is 47.5 Å². The number of hydrogen-bond donors (Lipinski definition) is 1. The highest BCUT2D eigenvalue weighted by atomic mass is 16.5. The summed E-state index contributed by atoms with van der Waals surface area (Å²) in [6.45, 7) is 6.30. The average molecular weight is 280 g/mol. The Balaban J connectivity index is 2.47. The lowest BCUT2D eigenvalue weighted by molar-refractivity contribution is 0.199. The van der Waals surface area contributed by atoms with Crippen LogP contribution in [0.2, 0.25) is 0 Å². The number of rotatable bonds is 10. The van der Waals surface area contributed by atoms with E-state index in [0.29, 0.717) is 0 Å². The Morgan fingerprint density at radius 2 is 2.00 bits per heavy atom. The standard InChI is InChI=1S/C16H28N2O2/c1-14-6-7-16(20-10-5-9-18(2)3)15(12-14)13-17-8-11-19-4/h6-7,12,17H,5,8-11,13H2,1-4H3. The molecule has 0 saturated carbocycles. The van der Waals surface area contributed by atoms with Crippen molar-refractivity contribution in [3.05, 3.63) is 29.3 Å². The molecule has 0 amide bonds. The number of methoxy groups -OCH3 is 1. The first-order valence-electron chi connectivity index (χ1n) is 7.20. The minimum absolute atomic E-state index is 0.727. The predicted molar refractivity (Wildman–Crippen MR) is 83.4 cm³/mol. The predicted octanol–water partition coefficient (Wildman–Crippen LogP) is 2.06. The molecule has 1 rings (SSSR count). The van der Waals surface area contributed by atoms with Gasteiger partial charge in [0.25, 0.3) is 0 Å². The molecule has 0 aliphatic heterocycles. The van der Waals surface area contributed by atoms with Crippen LogP contribution in [0.15, 0.2) is 18.2 Å². The number of nitrogens with zero attached hydrogens (tertiary/aromatic N) is 1. The van der Waals surface area contributed by atoms with E-state index in [-0.39, 0.29) is 0 Å². The van der Waals surface area contributed by atoms with E-state index in [4.69, 9.17) is 9.47 Å². The molecule has 0 atom stereocenters. The molecule has 0 aliphatic carbocycles. The van der Waals surface area contributed by atoms with E-state index >= 15 is 0 Å². The highest BCUT2D eigenvalue weighted by Crippen LogP contribution is 2.20. The Bertz CT molecular complexity index is 381. The quantitative estimate of drug-likeness (QED) is 0.665. The molecule has 0 aliphatic rings. The van der Waals surface area contributed by atoms with Gasteiger partial charge in [0, 0.05) is 32.3 Å². The Kier molecular flexibility index (Phi) is 8.26. The van der Waals surface area contributed by atoms with Crippen LogP contribution in [-0.4, -0.2) is 52.4 Å². The summed E-state index contributed by atoms with van der Waals surface area (Å²) in [6, 6.07) is 6.35. The molecule has 0 radical (unpaired) electrons. The molecule has 0 unspecified atom stereocenters. The molecule has 1 N–H and O–H groups in total. The molecule has 0 aromatic heterocycles. The van der Waals surface area contributed by atoms with Crippen LogP contribution in [0.1, 0.15) is 17.5 Å². The monoisotopic (exact) mass is 280 g/mol. The van der Waals surface area contributed by atoms with E-state index in [1.54, 1.807) is 7.11 Å². The fraction of sp³-hybridized carbons (Fsp3) is 0.625. The molecular formula is C16H28N2O2. The number of hydrogen-bond acceptors (Lipinski definition) is 4. The van der Waals surface area contributed by atoms with Crippen molar-refractivity contribution in [3.63, 3.8) is 0 Å². The van der Waals surface area contributed by atoms with Crippen LogP contribution in [-0.2, 0) is 11.3 Å². The van der Waals surface area contributed by atoms with Gasteiger partial charge in [-0.25, -0.2) is 0 Å². The maximum Gasteiger partial charge on any atom is 0.123 e. The van der Waals surface area contributed by atoms with Crippen molar-refractivity contribution in [2.24, 2.45) is 0 Å². The molecule has 4 nitrogen and oxygen atoms in total. The molecule has 0 spiro atoms. The summed E-state index contributed by atoms with van der Waals surface area (Å²) in [5.74, 6) is 0.985. The first kappa shape index (κ1) is 17.0. The highest BCUT2D eigenvalue weighted by Gasteiger charge is 2.04. The molecule has 1 aromatic carbocycles. The van der Waals surface area contributed by atoms with E-state index in [2.05, 4.69) is 49.4 Å². The summed E-state index contributed by atoms with van der Waals surface area (Å²) in [4.78, 5) is 2.17. The van der Waals surface area contributed by atoms with Gasteiger partial charge >= 0.3 is 0 Å². The van der Waals surface area contributed by atoms with Crippen molar-refractivity contribution in [2.45, 2.75) is 19.9 Å². The SMILES string of the molecule is COCCNCc1cc(C)ccc1OCCCN(C)C. The summed E-state index contributed by atoms with van der Waals surface area (Å²) in [6.07, 6.45) is 1.04. The van der Waals surface area contributed by atoms with Gasteiger partial charge in [0.05, 0.1) is 13.2 Å². The van der Waals surface area contributed by atoms with Crippen molar-refractivity contribution in [3.8, 4) is 5.75 Å².